The molecule has 1 fully saturated rings. The maximum Gasteiger partial charge on any atom is 0.0990 e. The average Bonchev–Trinajstić information content (AvgIpc) is 2.13. The molecule has 1 aliphatic heterocycles. The summed E-state index contributed by atoms with van der Waals surface area (Å²) in [5, 5.41) is 3.34. The Hall–Kier alpha value is 0.0969. The quantitative estimate of drug-likeness (QED) is 0.552. The van der Waals surface area contributed by atoms with E-state index in [4.69, 9.17) is 4.74 Å². The molecule has 0 spiro atoms. The zero-order chi connectivity index (χ0) is 10.4. The lowest BCUT2D eigenvalue weighted by Gasteiger charge is -2.27. The third-order valence-corrected chi connectivity index (χ3v) is 4.18. The van der Waals surface area contributed by atoms with E-state index in [1.54, 1.807) is 0 Å². The van der Waals surface area contributed by atoms with E-state index in [1.807, 2.05) is 0 Å². The van der Waals surface area contributed by atoms with Crippen LogP contribution in [0.2, 0.25) is 25.7 Å². The molecule has 0 aromatic rings. The first-order valence-corrected chi connectivity index (χ1v) is 9.29. The van der Waals surface area contributed by atoms with E-state index < -0.39 is 8.07 Å². The van der Waals surface area contributed by atoms with E-state index in [-0.39, 0.29) is 0 Å². The molecule has 0 aromatic heterocycles. The highest BCUT2D eigenvalue weighted by Gasteiger charge is 2.13. The highest BCUT2D eigenvalue weighted by molar-refractivity contribution is 6.76. The van der Waals surface area contributed by atoms with E-state index in [2.05, 4.69) is 29.9 Å². The standard InChI is InChI=1S/C10H24N2OSi/c1-14(2,3)9-8-13-10-12-6-4-11-5-7-12/h11H,4-10H2,1-3H3. The van der Waals surface area contributed by atoms with Crippen LogP contribution >= 0.6 is 0 Å². The Labute approximate surface area is 88.8 Å². The van der Waals surface area contributed by atoms with Crippen molar-refractivity contribution in [3.8, 4) is 0 Å². The van der Waals surface area contributed by atoms with Gasteiger partial charge in [-0.2, -0.15) is 0 Å². The van der Waals surface area contributed by atoms with Crippen LogP contribution in [0.5, 0.6) is 0 Å². The van der Waals surface area contributed by atoms with E-state index in [1.165, 1.54) is 6.04 Å². The third-order valence-electron chi connectivity index (χ3n) is 2.48. The molecule has 0 atom stereocenters. The normalized spacial score (nSPS) is 19.9. The summed E-state index contributed by atoms with van der Waals surface area (Å²) in [6.45, 7) is 13.4. The zero-order valence-corrected chi connectivity index (χ0v) is 10.8. The predicted octanol–water partition coefficient (Wildman–Crippen LogP) is 1.20. The minimum absolute atomic E-state index is 0.826. The van der Waals surface area contributed by atoms with Crippen molar-refractivity contribution in [1.82, 2.24) is 10.2 Å². The molecule has 0 aliphatic carbocycles. The van der Waals surface area contributed by atoms with Crippen molar-refractivity contribution in [3.05, 3.63) is 0 Å². The van der Waals surface area contributed by atoms with Crippen LogP contribution < -0.4 is 5.32 Å². The molecule has 0 amide bonds. The summed E-state index contributed by atoms with van der Waals surface area (Å²) < 4.78 is 5.68. The summed E-state index contributed by atoms with van der Waals surface area (Å²) in [5.41, 5.74) is 0. The van der Waals surface area contributed by atoms with Crippen LogP contribution in [0.3, 0.4) is 0 Å². The zero-order valence-electron chi connectivity index (χ0n) is 9.81. The topological polar surface area (TPSA) is 24.5 Å². The van der Waals surface area contributed by atoms with Crippen molar-refractivity contribution < 1.29 is 4.74 Å². The molecule has 4 heteroatoms. The first-order chi connectivity index (χ1) is 6.58. The largest absolute Gasteiger partial charge is 0.366 e. The lowest BCUT2D eigenvalue weighted by molar-refractivity contribution is 0.0289. The van der Waals surface area contributed by atoms with E-state index in [0.29, 0.717) is 0 Å². The van der Waals surface area contributed by atoms with Gasteiger partial charge >= 0.3 is 0 Å². The van der Waals surface area contributed by atoms with E-state index >= 15 is 0 Å². The van der Waals surface area contributed by atoms with Gasteiger partial charge in [-0.15, -0.1) is 0 Å². The fourth-order valence-corrected chi connectivity index (χ4v) is 2.17. The molecule has 14 heavy (non-hydrogen) atoms. The van der Waals surface area contributed by atoms with Crippen LogP contribution in [0.1, 0.15) is 0 Å². The summed E-state index contributed by atoms with van der Waals surface area (Å²) in [6, 6.07) is 1.28. The predicted molar refractivity (Wildman–Crippen MR) is 63.4 cm³/mol. The Morgan fingerprint density at radius 1 is 1.21 bits per heavy atom. The fraction of sp³-hybridized carbons (Fsp3) is 1.00. The molecule has 1 heterocycles. The Bertz CT molecular complexity index is 153. The number of hydrogen-bond donors (Lipinski definition) is 1. The van der Waals surface area contributed by atoms with Gasteiger partial charge in [0.25, 0.3) is 0 Å². The third kappa shape index (κ3) is 5.75. The van der Waals surface area contributed by atoms with Gasteiger partial charge in [0.15, 0.2) is 0 Å². The van der Waals surface area contributed by atoms with Crippen molar-refractivity contribution >= 4 is 8.07 Å². The molecule has 0 radical (unpaired) electrons. The van der Waals surface area contributed by atoms with Gasteiger partial charge in [0.05, 0.1) is 6.73 Å². The minimum atomic E-state index is -0.900. The Morgan fingerprint density at radius 2 is 1.86 bits per heavy atom. The molecule has 0 unspecified atom stereocenters. The number of nitrogens with zero attached hydrogens (tertiary/aromatic N) is 1. The Kier molecular flexibility index (Phi) is 5.09. The summed E-state index contributed by atoms with van der Waals surface area (Å²) in [7, 11) is -0.900. The first kappa shape index (κ1) is 12.2. The average molecular weight is 216 g/mol. The van der Waals surface area contributed by atoms with Gasteiger partial charge < -0.3 is 10.1 Å². The molecule has 0 bridgehead atoms. The van der Waals surface area contributed by atoms with Gasteiger partial charge in [-0.25, -0.2) is 0 Å². The molecular formula is C10H24N2OSi. The van der Waals surface area contributed by atoms with Gasteiger partial charge in [0, 0.05) is 40.9 Å². The highest BCUT2D eigenvalue weighted by atomic mass is 28.3. The summed E-state index contributed by atoms with van der Waals surface area (Å²) in [4.78, 5) is 2.38. The second kappa shape index (κ2) is 5.85. The number of hydrogen-bond acceptors (Lipinski definition) is 3. The van der Waals surface area contributed by atoms with Crippen LogP contribution in [-0.4, -0.2) is 52.5 Å². The second-order valence-corrected chi connectivity index (χ2v) is 10.8. The van der Waals surface area contributed by atoms with Crippen LogP contribution in [0, 0.1) is 0 Å². The van der Waals surface area contributed by atoms with Gasteiger partial charge in [-0.1, -0.05) is 19.6 Å². The van der Waals surface area contributed by atoms with Crippen LogP contribution in [0.25, 0.3) is 0 Å². The second-order valence-electron chi connectivity index (χ2n) is 5.22. The Balaban J connectivity index is 1.97. The van der Waals surface area contributed by atoms with Crippen LogP contribution in [0.4, 0.5) is 0 Å². The maximum atomic E-state index is 5.68. The van der Waals surface area contributed by atoms with Crippen molar-refractivity contribution in [2.24, 2.45) is 0 Å². The highest BCUT2D eigenvalue weighted by Crippen LogP contribution is 2.07. The lowest BCUT2D eigenvalue weighted by atomic mass is 10.4. The molecule has 0 aromatic carbocycles. The van der Waals surface area contributed by atoms with Gasteiger partial charge in [0.2, 0.25) is 0 Å². The SMILES string of the molecule is C[Si](C)(C)CCOCN1CCNCC1. The summed E-state index contributed by atoms with van der Waals surface area (Å²) >= 11 is 0. The van der Waals surface area contributed by atoms with Gasteiger partial charge in [0.1, 0.15) is 0 Å². The van der Waals surface area contributed by atoms with E-state index in [9.17, 15) is 0 Å². The summed E-state index contributed by atoms with van der Waals surface area (Å²) in [6.07, 6.45) is 0. The molecule has 1 saturated heterocycles. The summed E-state index contributed by atoms with van der Waals surface area (Å²) in [5.74, 6) is 0. The molecule has 0 saturated carbocycles. The number of rotatable bonds is 5. The van der Waals surface area contributed by atoms with Crippen LogP contribution in [0.15, 0.2) is 0 Å². The monoisotopic (exact) mass is 216 g/mol. The van der Waals surface area contributed by atoms with Gasteiger partial charge in [-0.05, 0) is 6.04 Å². The number of piperazine rings is 1. The smallest absolute Gasteiger partial charge is 0.0990 e. The maximum absolute atomic E-state index is 5.68. The lowest BCUT2D eigenvalue weighted by Crippen LogP contribution is -2.44. The molecule has 1 rings (SSSR count). The molecule has 1 N–H and O–H groups in total. The number of ether oxygens (including phenoxy) is 1. The molecule has 84 valence electrons. The van der Waals surface area contributed by atoms with E-state index in [0.717, 1.165) is 39.5 Å². The first-order valence-electron chi connectivity index (χ1n) is 5.59. The molecular weight excluding hydrogens is 192 g/mol. The van der Waals surface area contributed by atoms with Crippen molar-refractivity contribution in [3.63, 3.8) is 0 Å². The fourth-order valence-electron chi connectivity index (χ4n) is 1.41. The molecule has 3 nitrogen and oxygen atoms in total. The van der Waals surface area contributed by atoms with Crippen LogP contribution in [-0.2, 0) is 4.74 Å². The number of nitrogens with one attached hydrogen (secondary N) is 1. The van der Waals surface area contributed by atoms with Crippen molar-refractivity contribution in [2.45, 2.75) is 25.7 Å². The minimum Gasteiger partial charge on any atom is -0.366 e. The molecule has 1 aliphatic rings. The Morgan fingerprint density at radius 3 is 2.43 bits per heavy atom. The van der Waals surface area contributed by atoms with Gasteiger partial charge in [-0.3, -0.25) is 4.90 Å². The van der Waals surface area contributed by atoms with Crippen molar-refractivity contribution in [2.75, 3.05) is 39.5 Å². The van der Waals surface area contributed by atoms with Crippen molar-refractivity contribution in [1.29, 1.82) is 0 Å².